The molecule has 26 heavy (non-hydrogen) atoms. The first-order chi connectivity index (χ1) is 12.5. The average molecular weight is 354 g/mol. The molecule has 1 heterocycles. The Balaban J connectivity index is 2.26. The minimum atomic E-state index is 0.0436. The van der Waals surface area contributed by atoms with Gasteiger partial charge >= 0.3 is 0 Å². The molecule has 0 radical (unpaired) electrons. The van der Waals surface area contributed by atoms with Crippen LogP contribution in [0, 0.1) is 0 Å². The largest absolute Gasteiger partial charge is 0.504 e. The molecular formula is C20H22N2O4. The Kier molecular flexibility index (Phi) is 4.84. The maximum absolute atomic E-state index is 10.3. The molecule has 6 nitrogen and oxygen atoms in total. The van der Waals surface area contributed by atoms with Crippen molar-refractivity contribution in [1.82, 2.24) is 0 Å². The molecule has 0 bridgehead atoms. The minimum Gasteiger partial charge on any atom is -0.504 e. The van der Waals surface area contributed by atoms with Crippen molar-refractivity contribution in [2.75, 3.05) is 14.2 Å². The van der Waals surface area contributed by atoms with E-state index < -0.39 is 0 Å². The third-order valence-electron chi connectivity index (χ3n) is 4.65. The molecule has 1 aliphatic heterocycles. The van der Waals surface area contributed by atoms with Crippen LogP contribution in [0.1, 0.15) is 42.9 Å². The van der Waals surface area contributed by atoms with Crippen molar-refractivity contribution in [2.24, 2.45) is 10.2 Å². The number of rotatable bonds is 4. The average Bonchev–Trinajstić information content (AvgIpc) is 2.77. The maximum Gasteiger partial charge on any atom is 0.161 e. The third kappa shape index (κ3) is 2.98. The molecule has 0 aliphatic carbocycles. The molecule has 0 aromatic heterocycles. The maximum atomic E-state index is 10.3. The number of fused-ring (bicyclic) bond motifs is 1. The summed E-state index contributed by atoms with van der Waals surface area (Å²) < 4.78 is 10.5. The van der Waals surface area contributed by atoms with Crippen LogP contribution in [0.2, 0.25) is 0 Å². The predicted octanol–water partition coefficient (Wildman–Crippen LogP) is 3.84. The Hall–Kier alpha value is -3.02. The number of nitrogens with zero attached hydrogens (tertiary/aromatic N) is 2. The fourth-order valence-electron chi connectivity index (χ4n) is 3.27. The van der Waals surface area contributed by atoms with Crippen LogP contribution in [0.25, 0.3) is 0 Å². The zero-order valence-electron chi connectivity index (χ0n) is 15.3. The van der Waals surface area contributed by atoms with Crippen LogP contribution in [0.3, 0.4) is 0 Å². The number of phenolic OH excluding ortho intramolecular Hbond substituents is 2. The molecule has 2 N–H and O–H groups in total. The van der Waals surface area contributed by atoms with Crippen molar-refractivity contribution >= 4 is 11.4 Å². The molecular weight excluding hydrogens is 332 g/mol. The Labute approximate surface area is 152 Å². The molecule has 0 saturated heterocycles. The fourth-order valence-corrected chi connectivity index (χ4v) is 3.27. The highest BCUT2D eigenvalue weighted by molar-refractivity contribution is 6.16. The van der Waals surface area contributed by atoms with Gasteiger partial charge in [0.1, 0.15) is 5.71 Å². The Morgan fingerprint density at radius 1 is 0.962 bits per heavy atom. The van der Waals surface area contributed by atoms with E-state index in [1.54, 1.807) is 30.3 Å². The van der Waals surface area contributed by atoms with E-state index in [9.17, 15) is 10.2 Å². The topological polar surface area (TPSA) is 83.6 Å². The van der Waals surface area contributed by atoms with Crippen LogP contribution in [-0.2, 0) is 0 Å². The van der Waals surface area contributed by atoms with E-state index in [4.69, 9.17) is 9.47 Å². The van der Waals surface area contributed by atoms with Crippen molar-refractivity contribution < 1.29 is 19.7 Å². The van der Waals surface area contributed by atoms with Crippen LogP contribution in [0.5, 0.6) is 23.0 Å². The molecule has 3 rings (SSSR count). The number of hydrogen-bond acceptors (Lipinski definition) is 6. The third-order valence-corrected chi connectivity index (χ3v) is 4.65. The van der Waals surface area contributed by atoms with Gasteiger partial charge in [0.2, 0.25) is 0 Å². The van der Waals surface area contributed by atoms with E-state index in [0.717, 1.165) is 28.8 Å². The Bertz CT molecular complexity index is 903. The summed E-state index contributed by atoms with van der Waals surface area (Å²) in [5.74, 6) is 0.912. The highest BCUT2D eigenvalue weighted by atomic mass is 16.5. The molecule has 136 valence electrons. The highest BCUT2D eigenvalue weighted by Gasteiger charge is 2.26. The lowest BCUT2D eigenvalue weighted by atomic mass is 9.85. The predicted molar refractivity (Wildman–Crippen MR) is 101 cm³/mol. The molecule has 1 aliphatic rings. The van der Waals surface area contributed by atoms with Gasteiger partial charge in [-0.25, -0.2) is 0 Å². The van der Waals surface area contributed by atoms with E-state index in [0.29, 0.717) is 17.2 Å². The normalized spacial score (nSPS) is 16.2. The lowest BCUT2D eigenvalue weighted by molar-refractivity contribution is 0.373. The summed E-state index contributed by atoms with van der Waals surface area (Å²) in [5, 5.41) is 29.0. The smallest absolute Gasteiger partial charge is 0.161 e. The molecule has 0 unspecified atom stereocenters. The van der Waals surface area contributed by atoms with Gasteiger partial charge in [-0.05, 0) is 49.2 Å². The van der Waals surface area contributed by atoms with E-state index in [2.05, 4.69) is 17.1 Å². The van der Waals surface area contributed by atoms with Crippen molar-refractivity contribution in [2.45, 2.75) is 26.2 Å². The van der Waals surface area contributed by atoms with Crippen LogP contribution >= 0.6 is 0 Å². The number of benzene rings is 2. The first kappa shape index (κ1) is 17.8. The van der Waals surface area contributed by atoms with Gasteiger partial charge in [-0.3, -0.25) is 0 Å². The molecule has 0 saturated carbocycles. The summed E-state index contributed by atoms with van der Waals surface area (Å²) in [6, 6.07) is 8.54. The molecule has 0 amide bonds. The van der Waals surface area contributed by atoms with Gasteiger partial charge in [-0.2, -0.15) is 5.10 Å². The summed E-state index contributed by atoms with van der Waals surface area (Å²) in [6.45, 7) is 4.01. The molecule has 2 aromatic rings. The quantitative estimate of drug-likeness (QED) is 0.874. The minimum absolute atomic E-state index is 0.0436. The van der Waals surface area contributed by atoms with Gasteiger partial charge in [-0.1, -0.05) is 6.92 Å². The van der Waals surface area contributed by atoms with Gasteiger partial charge in [0.15, 0.2) is 23.0 Å². The first-order valence-electron chi connectivity index (χ1n) is 8.40. The second-order valence-corrected chi connectivity index (χ2v) is 6.15. The first-order valence-corrected chi connectivity index (χ1v) is 8.40. The van der Waals surface area contributed by atoms with Crippen LogP contribution in [0.4, 0.5) is 0 Å². The highest BCUT2D eigenvalue weighted by Crippen LogP contribution is 2.38. The number of ether oxygens (including phenoxy) is 2. The second kappa shape index (κ2) is 7.07. The zero-order chi connectivity index (χ0) is 18.8. The second-order valence-electron chi connectivity index (χ2n) is 6.15. The fraction of sp³-hybridized carbons (Fsp3) is 0.300. The number of phenols is 2. The summed E-state index contributed by atoms with van der Waals surface area (Å²) in [6.07, 6.45) is 0.829. The van der Waals surface area contributed by atoms with Crippen molar-refractivity contribution in [3.05, 3.63) is 47.0 Å². The molecule has 0 spiro atoms. The lowest BCUT2D eigenvalue weighted by Crippen LogP contribution is -2.12. The van der Waals surface area contributed by atoms with Crippen LogP contribution < -0.4 is 9.47 Å². The molecule has 0 fully saturated rings. The van der Waals surface area contributed by atoms with Crippen LogP contribution in [0.15, 0.2) is 40.5 Å². The van der Waals surface area contributed by atoms with E-state index in [-0.39, 0.29) is 17.4 Å². The monoisotopic (exact) mass is 354 g/mol. The molecule has 2 aromatic carbocycles. The number of aromatic hydroxyl groups is 2. The van der Waals surface area contributed by atoms with Crippen LogP contribution in [-0.4, -0.2) is 35.9 Å². The summed E-state index contributed by atoms with van der Waals surface area (Å²) in [5.41, 5.74) is 4.03. The Morgan fingerprint density at radius 2 is 1.65 bits per heavy atom. The van der Waals surface area contributed by atoms with Crippen molar-refractivity contribution in [1.29, 1.82) is 0 Å². The number of methoxy groups -OCH3 is 2. The van der Waals surface area contributed by atoms with E-state index >= 15 is 0 Å². The SMILES string of the molecule is CC[C@@H]1C(C)=NN=C(c2ccc(O)c(OC)c2)c2cc(OC)c(O)cc21. The Morgan fingerprint density at radius 3 is 2.31 bits per heavy atom. The van der Waals surface area contributed by atoms with E-state index in [1.165, 1.54) is 14.2 Å². The lowest BCUT2D eigenvalue weighted by Gasteiger charge is -2.19. The van der Waals surface area contributed by atoms with E-state index in [1.807, 2.05) is 6.92 Å². The summed E-state index contributed by atoms with van der Waals surface area (Å²) >= 11 is 0. The molecule has 6 heteroatoms. The summed E-state index contributed by atoms with van der Waals surface area (Å²) in [7, 11) is 3.01. The van der Waals surface area contributed by atoms with Gasteiger partial charge in [0.25, 0.3) is 0 Å². The van der Waals surface area contributed by atoms with Gasteiger partial charge < -0.3 is 19.7 Å². The molecule has 1 atom stereocenters. The zero-order valence-corrected chi connectivity index (χ0v) is 15.3. The van der Waals surface area contributed by atoms with Gasteiger partial charge in [0.05, 0.1) is 14.2 Å². The number of hydrogen-bond donors (Lipinski definition) is 2. The summed E-state index contributed by atoms with van der Waals surface area (Å²) in [4.78, 5) is 0. The van der Waals surface area contributed by atoms with Gasteiger partial charge in [-0.15, -0.1) is 5.10 Å². The standard InChI is InChI=1S/C20H22N2O4/c1-5-13-11(2)21-22-20(12-6-7-16(23)18(8-12)25-3)15-10-19(26-4)17(24)9-14(13)15/h6-10,13,23-24H,5H2,1-4H3/t13-/m1/s1. The van der Waals surface area contributed by atoms with Crippen molar-refractivity contribution in [3.63, 3.8) is 0 Å². The van der Waals surface area contributed by atoms with Crippen molar-refractivity contribution in [3.8, 4) is 23.0 Å². The van der Waals surface area contributed by atoms with Gasteiger partial charge in [0, 0.05) is 22.8 Å².